The summed E-state index contributed by atoms with van der Waals surface area (Å²) in [5, 5.41) is 2.80. The van der Waals surface area contributed by atoms with E-state index in [1.807, 2.05) is 10.3 Å². The molecule has 2 fully saturated rings. The highest BCUT2D eigenvalue weighted by molar-refractivity contribution is 7.09. The molecule has 0 atom stereocenters. The summed E-state index contributed by atoms with van der Waals surface area (Å²) in [6, 6.07) is 0. The minimum atomic E-state index is 0.0545. The van der Waals surface area contributed by atoms with Crippen LogP contribution >= 0.6 is 11.3 Å². The third-order valence-electron chi connectivity index (χ3n) is 4.55. The first-order valence-corrected chi connectivity index (χ1v) is 9.23. The van der Waals surface area contributed by atoms with Crippen LogP contribution in [0.25, 0.3) is 0 Å². The number of piperidine rings is 1. The number of ether oxygens (including phenoxy) is 1. The van der Waals surface area contributed by atoms with E-state index in [-0.39, 0.29) is 5.91 Å². The Kier molecular flexibility index (Phi) is 5.44. The first kappa shape index (κ1) is 15.9. The van der Waals surface area contributed by atoms with Crippen LogP contribution in [0.1, 0.15) is 54.0 Å². The second kappa shape index (κ2) is 7.53. The zero-order chi connectivity index (χ0) is 15.4. The van der Waals surface area contributed by atoms with Crippen LogP contribution in [0.4, 0.5) is 0 Å². The van der Waals surface area contributed by atoms with Crippen LogP contribution in [0.15, 0.2) is 5.38 Å². The minimum Gasteiger partial charge on any atom is -0.375 e. The third-order valence-corrected chi connectivity index (χ3v) is 5.45. The standard InChI is InChI=1S/C16H25N3O2S/c17-8-5-15-18-14(11-22-15)16(20)19-9-6-13(7-10-19)21-12-3-1-2-4-12/h11-13H,1-10,17H2. The van der Waals surface area contributed by atoms with Crippen molar-refractivity contribution in [1.82, 2.24) is 9.88 Å². The average Bonchev–Trinajstić information content (AvgIpc) is 3.20. The minimum absolute atomic E-state index is 0.0545. The summed E-state index contributed by atoms with van der Waals surface area (Å²) in [6.45, 7) is 2.13. The molecule has 0 radical (unpaired) electrons. The lowest BCUT2D eigenvalue weighted by Gasteiger charge is -2.33. The zero-order valence-electron chi connectivity index (χ0n) is 13.0. The van der Waals surface area contributed by atoms with Crippen molar-refractivity contribution < 1.29 is 9.53 Å². The van der Waals surface area contributed by atoms with Crippen LogP contribution in [0.3, 0.4) is 0 Å². The summed E-state index contributed by atoms with van der Waals surface area (Å²) in [7, 11) is 0. The van der Waals surface area contributed by atoms with Gasteiger partial charge in [-0.05, 0) is 32.2 Å². The van der Waals surface area contributed by atoms with E-state index in [1.54, 1.807) is 0 Å². The number of carbonyl (C=O) groups excluding carboxylic acids is 1. The van der Waals surface area contributed by atoms with Crippen LogP contribution in [0.5, 0.6) is 0 Å². The Hall–Kier alpha value is -0.980. The van der Waals surface area contributed by atoms with Crippen LogP contribution in [0.2, 0.25) is 0 Å². The fourth-order valence-electron chi connectivity index (χ4n) is 3.30. The quantitative estimate of drug-likeness (QED) is 0.902. The van der Waals surface area contributed by atoms with Crippen LogP contribution in [0, 0.1) is 0 Å². The number of amides is 1. The first-order valence-electron chi connectivity index (χ1n) is 8.35. The molecule has 6 heteroatoms. The van der Waals surface area contributed by atoms with Crippen molar-refractivity contribution in [3.05, 3.63) is 16.1 Å². The van der Waals surface area contributed by atoms with Crippen molar-refractivity contribution in [3.8, 4) is 0 Å². The van der Waals surface area contributed by atoms with E-state index in [9.17, 15) is 4.79 Å². The van der Waals surface area contributed by atoms with E-state index in [1.165, 1.54) is 37.0 Å². The van der Waals surface area contributed by atoms with Gasteiger partial charge in [-0.15, -0.1) is 11.3 Å². The average molecular weight is 323 g/mol. The topological polar surface area (TPSA) is 68.5 Å². The predicted octanol–water partition coefficient (Wildman–Crippen LogP) is 2.21. The lowest BCUT2D eigenvalue weighted by atomic mass is 10.1. The summed E-state index contributed by atoms with van der Waals surface area (Å²) >= 11 is 1.53. The van der Waals surface area contributed by atoms with Gasteiger partial charge >= 0.3 is 0 Å². The molecule has 1 saturated heterocycles. The molecule has 22 heavy (non-hydrogen) atoms. The molecule has 0 spiro atoms. The van der Waals surface area contributed by atoms with Gasteiger partial charge in [0.25, 0.3) is 5.91 Å². The normalized spacial score (nSPS) is 20.7. The largest absolute Gasteiger partial charge is 0.375 e. The van der Waals surface area contributed by atoms with Crippen LogP contribution in [-0.2, 0) is 11.2 Å². The van der Waals surface area contributed by atoms with Crippen molar-refractivity contribution in [1.29, 1.82) is 0 Å². The van der Waals surface area contributed by atoms with Gasteiger partial charge in [0.1, 0.15) is 5.69 Å². The van der Waals surface area contributed by atoms with E-state index in [0.29, 0.717) is 24.4 Å². The van der Waals surface area contributed by atoms with Gasteiger partial charge in [-0.3, -0.25) is 4.79 Å². The molecule has 1 aromatic heterocycles. The summed E-state index contributed by atoms with van der Waals surface area (Å²) in [5.74, 6) is 0.0545. The Morgan fingerprint density at radius 1 is 1.27 bits per heavy atom. The Morgan fingerprint density at radius 3 is 2.64 bits per heavy atom. The first-order chi connectivity index (χ1) is 10.8. The van der Waals surface area contributed by atoms with Crippen LogP contribution < -0.4 is 5.73 Å². The number of carbonyl (C=O) groups is 1. The van der Waals surface area contributed by atoms with Gasteiger partial charge in [-0.1, -0.05) is 12.8 Å². The number of nitrogens with zero attached hydrogens (tertiary/aromatic N) is 2. The van der Waals surface area contributed by atoms with E-state index in [0.717, 1.165) is 37.4 Å². The fourth-order valence-corrected chi connectivity index (χ4v) is 4.09. The second-order valence-corrected chi connectivity index (χ2v) is 7.14. The summed E-state index contributed by atoms with van der Waals surface area (Å²) in [6.07, 6.45) is 8.46. The molecule has 2 heterocycles. The molecular weight excluding hydrogens is 298 g/mol. The third kappa shape index (κ3) is 3.86. The maximum Gasteiger partial charge on any atom is 0.273 e. The molecular formula is C16H25N3O2S. The molecule has 0 aromatic carbocycles. The Morgan fingerprint density at radius 2 is 1.95 bits per heavy atom. The van der Waals surface area contributed by atoms with Crippen LogP contribution in [-0.4, -0.2) is 47.6 Å². The molecule has 1 aliphatic heterocycles. The molecule has 3 rings (SSSR count). The smallest absolute Gasteiger partial charge is 0.273 e. The number of likely N-dealkylation sites (tertiary alicyclic amines) is 1. The maximum atomic E-state index is 12.5. The highest BCUT2D eigenvalue weighted by atomic mass is 32.1. The van der Waals surface area contributed by atoms with Crippen molar-refractivity contribution in [3.63, 3.8) is 0 Å². The molecule has 1 amide bonds. The van der Waals surface area contributed by atoms with E-state index in [2.05, 4.69) is 4.98 Å². The molecule has 0 unspecified atom stereocenters. The Labute approximate surface area is 135 Å². The van der Waals surface area contributed by atoms with E-state index in [4.69, 9.17) is 10.5 Å². The van der Waals surface area contributed by atoms with Gasteiger partial charge in [0, 0.05) is 24.9 Å². The lowest BCUT2D eigenvalue weighted by molar-refractivity contribution is -0.0358. The molecule has 122 valence electrons. The highest BCUT2D eigenvalue weighted by Gasteiger charge is 2.27. The molecule has 0 bridgehead atoms. The molecule has 5 nitrogen and oxygen atoms in total. The van der Waals surface area contributed by atoms with Gasteiger partial charge in [0.15, 0.2) is 0 Å². The molecule has 1 aromatic rings. The zero-order valence-corrected chi connectivity index (χ0v) is 13.8. The Bertz CT molecular complexity index is 491. The fraction of sp³-hybridized carbons (Fsp3) is 0.750. The number of hydrogen-bond acceptors (Lipinski definition) is 5. The molecule has 2 aliphatic rings. The molecule has 1 aliphatic carbocycles. The number of rotatable bonds is 5. The highest BCUT2D eigenvalue weighted by Crippen LogP contribution is 2.26. The molecule has 1 saturated carbocycles. The number of nitrogens with two attached hydrogens (primary N) is 1. The maximum absolute atomic E-state index is 12.5. The number of thiazole rings is 1. The van der Waals surface area contributed by atoms with E-state index < -0.39 is 0 Å². The van der Waals surface area contributed by atoms with Crippen molar-refractivity contribution in [2.75, 3.05) is 19.6 Å². The summed E-state index contributed by atoms with van der Waals surface area (Å²) < 4.78 is 6.16. The number of aromatic nitrogens is 1. The van der Waals surface area contributed by atoms with Gasteiger partial charge in [0.2, 0.25) is 0 Å². The summed E-state index contributed by atoms with van der Waals surface area (Å²) in [4.78, 5) is 18.8. The van der Waals surface area contributed by atoms with Gasteiger partial charge in [-0.2, -0.15) is 0 Å². The molecule has 2 N–H and O–H groups in total. The number of hydrogen-bond donors (Lipinski definition) is 1. The SMILES string of the molecule is NCCc1nc(C(=O)N2CCC(OC3CCCC3)CC2)cs1. The van der Waals surface area contributed by atoms with Gasteiger partial charge in [0.05, 0.1) is 17.2 Å². The van der Waals surface area contributed by atoms with Gasteiger partial charge in [-0.25, -0.2) is 4.98 Å². The summed E-state index contributed by atoms with van der Waals surface area (Å²) in [5.41, 5.74) is 6.10. The lowest BCUT2D eigenvalue weighted by Crippen LogP contribution is -2.41. The van der Waals surface area contributed by atoms with Gasteiger partial charge < -0.3 is 15.4 Å². The van der Waals surface area contributed by atoms with Crippen molar-refractivity contribution >= 4 is 17.2 Å². The van der Waals surface area contributed by atoms with Crippen molar-refractivity contribution in [2.45, 2.75) is 57.2 Å². The Balaban J connectivity index is 1.48. The van der Waals surface area contributed by atoms with Crippen molar-refractivity contribution in [2.24, 2.45) is 5.73 Å². The second-order valence-electron chi connectivity index (χ2n) is 6.20. The monoisotopic (exact) mass is 323 g/mol. The van der Waals surface area contributed by atoms with E-state index >= 15 is 0 Å². The predicted molar refractivity (Wildman–Crippen MR) is 87.1 cm³/mol.